The van der Waals surface area contributed by atoms with Gasteiger partial charge in [-0.15, -0.1) is 0 Å². The van der Waals surface area contributed by atoms with Crippen molar-refractivity contribution in [2.45, 2.75) is 13.5 Å². The number of hydrogen-bond donors (Lipinski definition) is 2. The summed E-state index contributed by atoms with van der Waals surface area (Å²) in [4.78, 5) is 0. The molecule has 0 amide bonds. The van der Waals surface area contributed by atoms with Crippen LogP contribution < -0.4 is 15.4 Å². The van der Waals surface area contributed by atoms with E-state index in [2.05, 4.69) is 15.4 Å². The molecule has 0 aliphatic heterocycles. The van der Waals surface area contributed by atoms with Gasteiger partial charge in [0.05, 0.1) is 10.7 Å². The van der Waals surface area contributed by atoms with Gasteiger partial charge in [0.1, 0.15) is 5.75 Å². The van der Waals surface area contributed by atoms with Gasteiger partial charge in [0, 0.05) is 10.7 Å². The normalized spacial score (nSPS) is 10.5. The van der Waals surface area contributed by atoms with Gasteiger partial charge in [0.15, 0.2) is 5.11 Å². The van der Waals surface area contributed by atoms with Crippen LogP contribution in [-0.4, -0.2) is 11.7 Å². The van der Waals surface area contributed by atoms with Crippen LogP contribution in [0.1, 0.15) is 5.56 Å². The van der Waals surface area contributed by atoms with E-state index < -0.39 is 6.61 Å². The van der Waals surface area contributed by atoms with Crippen LogP contribution in [0, 0.1) is 6.92 Å². The summed E-state index contributed by atoms with van der Waals surface area (Å²) < 4.78 is 28.7. The zero-order chi connectivity index (χ0) is 17.0. The molecule has 0 unspecified atom stereocenters. The fraction of sp³-hybridized carbons (Fsp3) is 0.133. The van der Waals surface area contributed by atoms with E-state index in [-0.39, 0.29) is 5.75 Å². The highest BCUT2D eigenvalue weighted by atomic mass is 35.5. The van der Waals surface area contributed by atoms with Crippen molar-refractivity contribution in [3.05, 3.63) is 52.0 Å². The first kappa shape index (κ1) is 17.7. The maximum atomic E-state index is 12.2. The number of anilines is 2. The molecule has 2 N–H and O–H groups in total. The van der Waals surface area contributed by atoms with Gasteiger partial charge in [-0.3, -0.25) is 0 Å². The molecule has 0 atom stereocenters. The summed E-state index contributed by atoms with van der Waals surface area (Å²) in [7, 11) is 0. The lowest BCUT2D eigenvalue weighted by Gasteiger charge is -2.14. The first-order chi connectivity index (χ1) is 10.8. The monoisotopic (exact) mass is 376 g/mol. The maximum absolute atomic E-state index is 12.2. The maximum Gasteiger partial charge on any atom is 0.387 e. The highest BCUT2D eigenvalue weighted by Crippen LogP contribution is 2.26. The van der Waals surface area contributed by atoms with Gasteiger partial charge < -0.3 is 15.4 Å². The minimum atomic E-state index is -2.86. The van der Waals surface area contributed by atoms with Crippen molar-refractivity contribution in [2.24, 2.45) is 0 Å². The second kappa shape index (κ2) is 7.77. The van der Waals surface area contributed by atoms with E-state index in [1.165, 1.54) is 12.1 Å². The van der Waals surface area contributed by atoms with Crippen LogP contribution >= 0.6 is 35.4 Å². The Kier molecular flexibility index (Phi) is 5.98. The lowest BCUT2D eigenvalue weighted by Crippen LogP contribution is -2.19. The zero-order valence-corrected chi connectivity index (χ0v) is 14.2. The average molecular weight is 377 g/mol. The third-order valence-corrected chi connectivity index (χ3v) is 3.60. The van der Waals surface area contributed by atoms with E-state index in [4.69, 9.17) is 35.4 Å². The summed E-state index contributed by atoms with van der Waals surface area (Å²) >= 11 is 17.1. The van der Waals surface area contributed by atoms with Crippen LogP contribution in [0.3, 0.4) is 0 Å². The summed E-state index contributed by atoms with van der Waals surface area (Å²) in [5.41, 5.74) is 1.97. The number of nitrogens with one attached hydrogen (secondary N) is 2. The number of benzene rings is 2. The Bertz CT molecular complexity index is 729. The second-order valence-corrected chi connectivity index (χ2v) is 5.81. The smallest absolute Gasteiger partial charge is 0.387 e. The van der Waals surface area contributed by atoms with E-state index >= 15 is 0 Å². The SMILES string of the molecule is Cc1cc(OC(F)F)ccc1NC(=S)Nc1ccc(Cl)cc1Cl. The third-order valence-electron chi connectivity index (χ3n) is 2.85. The molecule has 3 nitrogen and oxygen atoms in total. The molecule has 8 heteroatoms. The predicted molar refractivity (Wildman–Crippen MR) is 94.1 cm³/mol. The Balaban J connectivity index is 2.05. The molecule has 0 radical (unpaired) electrons. The van der Waals surface area contributed by atoms with Gasteiger partial charge in [-0.2, -0.15) is 8.78 Å². The molecule has 0 aromatic heterocycles. The third kappa shape index (κ3) is 5.20. The summed E-state index contributed by atoms with van der Waals surface area (Å²) in [6.45, 7) is -1.11. The molecule has 0 fully saturated rings. The van der Waals surface area contributed by atoms with Gasteiger partial charge >= 0.3 is 6.61 Å². The number of rotatable bonds is 4. The van der Waals surface area contributed by atoms with Gasteiger partial charge in [-0.05, 0) is 61.1 Å². The topological polar surface area (TPSA) is 33.3 Å². The number of alkyl halides is 2. The van der Waals surface area contributed by atoms with Crippen LogP contribution in [0.4, 0.5) is 20.2 Å². The zero-order valence-electron chi connectivity index (χ0n) is 11.9. The van der Waals surface area contributed by atoms with Crippen molar-refractivity contribution in [2.75, 3.05) is 10.6 Å². The fourth-order valence-electron chi connectivity index (χ4n) is 1.82. The Morgan fingerprint density at radius 2 is 1.74 bits per heavy atom. The summed E-state index contributed by atoms with van der Waals surface area (Å²) in [5, 5.41) is 7.16. The highest BCUT2D eigenvalue weighted by Gasteiger charge is 2.08. The fourth-order valence-corrected chi connectivity index (χ4v) is 2.49. The number of hydrogen-bond acceptors (Lipinski definition) is 2. The number of halogens is 4. The highest BCUT2D eigenvalue weighted by molar-refractivity contribution is 7.80. The van der Waals surface area contributed by atoms with Crippen molar-refractivity contribution in [3.63, 3.8) is 0 Å². The first-order valence-electron chi connectivity index (χ1n) is 6.43. The van der Waals surface area contributed by atoms with E-state index in [1.807, 2.05) is 0 Å². The van der Waals surface area contributed by atoms with Gasteiger partial charge in [-0.1, -0.05) is 23.2 Å². The van der Waals surface area contributed by atoms with Crippen LogP contribution in [0.5, 0.6) is 5.75 Å². The van der Waals surface area contributed by atoms with E-state index in [1.54, 1.807) is 31.2 Å². The minimum absolute atomic E-state index is 0.0858. The number of aryl methyl sites for hydroxylation is 1. The average Bonchev–Trinajstić information content (AvgIpc) is 2.44. The van der Waals surface area contributed by atoms with Crippen molar-refractivity contribution in [3.8, 4) is 5.75 Å². The van der Waals surface area contributed by atoms with Crippen LogP contribution in [0.15, 0.2) is 36.4 Å². The Morgan fingerprint density at radius 1 is 1.09 bits per heavy atom. The summed E-state index contributed by atoms with van der Waals surface area (Å²) in [5.74, 6) is 0.0858. The Morgan fingerprint density at radius 3 is 2.35 bits per heavy atom. The standard InChI is InChI=1S/C15H12Cl2F2N2OS/c1-8-6-10(22-14(18)19)3-5-12(8)20-15(23)21-13-4-2-9(16)7-11(13)17/h2-7,14H,1H3,(H2,20,21,23). The largest absolute Gasteiger partial charge is 0.435 e. The minimum Gasteiger partial charge on any atom is -0.435 e. The van der Waals surface area contributed by atoms with Gasteiger partial charge in [-0.25, -0.2) is 0 Å². The van der Waals surface area contributed by atoms with Crippen molar-refractivity contribution >= 4 is 51.9 Å². The van der Waals surface area contributed by atoms with Gasteiger partial charge in [0.2, 0.25) is 0 Å². The number of ether oxygens (including phenoxy) is 1. The molecular weight excluding hydrogens is 365 g/mol. The van der Waals surface area contributed by atoms with Crippen LogP contribution in [0.2, 0.25) is 10.0 Å². The van der Waals surface area contributed by atoms with Crippen LogP contribution in [0.25, 0.3) is 0 Å². The molecule has 0 spiro atoms. The lowest BCUT2D eigenvalue weighted by atomic mass is 10.2. The molecule has 0 aliphatic carbocycles. The van der Waals surface area contributed by atoms with Crippen LogP contribution in [-0.2, 0) is 0 Å². The van der Waals surface area contributed by atoms with Gasteiger partial charge in [0.25, 0.3) is 0 Å². The molecule has 2 aromatic carbocycles. The first-order valence-corrected chi connectivity index (χ1v) is 7.60. The molecule has 0 saturated heterocycles. The quantitative estimate of drug-likeness (QED) is 0.669. The van der Waals surface area contributed by atoms with Crippen molar-refractivity contribution in [1.29, 1.82) is 0 Å². The predicted octanol–water partition coefficient (Wildman–Crippen LogP) is 5.71. The molecule has 0 heterocycles. The molecular formula is C15H12Cl2F2N2OS. The molecule has 122 valence electrons. The van der Waals surface area contributed by atoms with Crippen molar-refractivity contribution < 1.29 is 13.5 Å². The molecule has 2 aromatic rings. The van der Waals surface area contributed by atoms with E-state index in [9.17, 15) is 8.78 Å². The Labute approximate surface area is 147 Å². The number of thiocarbonyl (C=S) groups is 1. The molecule has 0 saturated carbocycles. The second-order valence-electron chi connectivity index (χ2n) is 4.56. The Hall–Kier alpha value is -1.63. The molecule has 0 aliphatic rings. The summed E-state index contributed by atoms with van der Waals surface area (Å²) in [6.07, 6.45) is 0. The molecule has 23 heavy (non-hydrogen) atoms. The van der Waals surface area contributed by atoms with Crippen molar-refractivity contribution in [1.82, 2.24) is 0 Å². The summed E-state index contributed by atoms with van der Waals surface area (Å²) in [6, 6.07) is 9.50. The van der Waals surface area contributed by atoms with E-state index in [0.29, 0.717) is 32.1 Å². The molecule has 2 rings (SSSR count). The molecule has 0 bridgehead atoms. The lowest BCUT2D eigenvalue weighted by molar-refractivity contribution is -0.0498. The van der Waals surface area contributed by atoms with E-state index in [0.717, 1.165) is 0 Å².